The fourth-order valence-electron chi connectivity index (χ4n) is 3.40. The Balaban J connectivity index is 1.72. The molecule has 1 amide bonds. The van der Waals surface area contributed by atoms with E-state index in [4.69, 9.17) is 0 Å². The van der Waals surface area contributed by atoms with Crippen molar-refractivity contribution in [1.82, 2.24) is 4.31 Å². The average Bonchev–Trinajstić information content (AvgIpc) is 2.78. The number of allylic oxidation sites excluding steroid dienone is 4. The molecule has 1 aliphatic rings. The molecule has 0 bridgehead atoms. The summed E-state index contributed by atoms with van der Waals surface area (Å²) in [5.41, 5.74) is 3.59. The van der Waals surface area contributed by atoms with Gasteiger partial charge in [0.2, 0.25) is 5.91 Å². The summed E-state index contributed by atoms with van der Waals surface area (Å²) in [7, 11) is 3.49. The quantitative estimate of drug-likeness (QED) is 0.381. The standard InChI is InChI=1S/C25H26FN3O2S/c1-4-18-7-5-6-8-24(18)32-29(3)15-25(31)28-21-12-17(16-30)11-20(13-21)19-9-10-23(27-2)22(26)14-19/h4,7-14,16,27H,1,5-6,15H2,2-3H3,(H,28,31). The zero-order valence-electron chi connectivity index (χ0n) is 18.2. The van der Waals surface area contributed by atoms with Gasteiger partial charge in [-0.2, -0.15) is 0 Å². The lowest BCUT2D eigenvalue weighted by atomic mass is 10.0. The Hall–Kier alpha value is -3.16. The van der Waals surface area contributed by atoms with E-state index < -0.39 is 5.82 Å². The lowest BCUT2D eigenvalue weighted by Crippen LogP contribution is -2.26. The fraction of sp³-hybridized carbons (Fsp3) is 0.200. The van der Waals surface area contributed by atoms with Crippen LogP contribution in [0, 0.1) is 5.82 Å². The first kappa shape index (κ1) is 23.5. The third-order valence-electron chi connectivity index (χ3n) is 4.93. The molecule has 0 fully saturated rings. The summed E-state index contributed by atoms with van der Waals surface area (Å²) in [6, 6.07) is 9.79. The van der Waals surface area contributed by atoms with Crippen LogP contribution in [0.4, 0.5) is 15.8 Å². The Morgan fingerprint density at radius 2 is 1.97 bits per heavy atom. The van der Waals surface area contributed by atoms with Crippen LogP contribution in [-0.2, 0) is 4.79 Å². The lowest BCUT2D eigenvalue weighted by Gasteiger charge is -2.20. The number of hydrogen-bond acceptors (Lipinski definition) is 5. The van der Waals surface area contributed by atoms with Crippen molar-refractivity contribution in [3.8, 4) is 11.1 Å². The molecule has 3 rings (SSSR count). The number of nitrogens with zero attached hydrogens (tertiary/aromatic N) is 1. The summed E-state index contributed by atoms with van der Waals surface area (Å²) < 4.78 is 16.0. The normalized spacial score (nSPS) is 13.2. The maximum absolute atomic E-state index is 14.2. The molecule has 2 aromatic rings. The Morgan fingerprint density at radius 3 is 2.66 bits per heavy atom. The van der Waals surface area contributed by atoms with Crippen molar-refractivity contribution in [2.75, 3.05) is 31.3 Å². The fourth-order valence-corrected chi connectivity index (χ4v) is 4.39. The van der Waals surface area contributed by atoms with Gasteiger partial charge in [0, 0.05) is 23.2 Å². The number of amides is 1. The maximum Gasteiger partial charge on any atom is 0.239 e. The molecule has 0 radical (unpaired) electrons. The molecule has 5 nitrogen and oxygen atoms in total. The number of benzene rings is 2. The van der Waals surface area contributed by atoms with Crippen molar-refractivity contribution in [3.63, 3.8) is 0 Å². The van der Waals surface area contributed by atoms with Gasteiger partial charge in [-0.1, -0.05) is 30.9 Å². The zero-order chi connectivity index (χ0) is 23.1. The SMILES string of the molecule is C=CC1=CCCC=C1SN(C)CC(=O)Nc1cc(C=O)cc(-c2ccc(NC)c(F)c2)c1. The third kappa shape index (κ3) is 5.96. The van der Waals surface area contributed by atoms with Crippen LogP contribution in [0.1, 0.15) is 23.2 Å². The minimum absolute atomic E-state index is 0.151. The van der Waals surface area contributed by atoms with E-state index >= 15 is 0 Å². The summed E-state index contributed by atoms with van der Waals surface area (Å²) in [6.45, 7) is 4.00. The Morgan fingerprint density at radius 1 is 1.19 bits per heavy atom. The Bertz CT molecular complexity index is 1090. The highest BCUT2D eigenvalue weighted by Gasteiger charge is 2.14. The minimum atomic E-state index is -0.393. The summed E-state index contributed by atoms with van der Waals surface area (Å²) in [6.07, 6.45) is 8.78. The molecule has 0 heterocycles. The highest BCUT2D eigenvalue weighted by atomic mass is 32.2. The molecule has 0 aliphatic heterocycles. The number of halogens is 1. The Labute approximate surface area is 192 Å². The lowest BCUT2D eigenvalue weighted by molar-refractivity contribution is -0.116. The number of nitrogens with one attached hydrogen (secondary N) is 2. The largest absolute Gasteiger partial charge is 0.386 e. The second-order valence-electron chi connectivity index (χ2n) is 7.34. The summed E-state index contributed by atoms with van der Waals surface area (Å²) >= 11 is 1.50. The van der Waals surface area contributed by atoms with Crippen LogP contribution in [0.25, 0.3) is 11.1 Å². The number of likely N-dealkylation sites (N-methyl/N-ethyl adjacent to an activating group) is 1. The molecule has 166 valence electrons. The zero-order valence-corrected chi connectivity index (χ0v) is 19.0. The van der Waals surface area contributed by atoms with E-state index in [-0.39, 0.29) is 12.5 Å². The third-order valence-corrected chi connectivity index (χ3v) is 5.97. The number of aldehydes is 1. The van der Waals surface area contributed by atoms with Gasteiger partial charge in [0.15, 0.2) is 0 Å². The molecule has 1 aliphatic carbocycles. The smallest absolute Gasteiger partial charge is 0.239 e. The summed E-state index contributed by atoms with van der Waals surface area (Å²) in [5.74, 6) is -0.609. The first-order valence-electron chi connectivity index (χ1n) is 10.2. The van der Waals surface area contributed by atoms with Crippen LogP contribution in [0.3, 0.4) is 0 Å². The first-order valence-corrected chi connectivity index (χ1v) is 11.0. The van der Waals surface area contributed by atoms with Crippen molar-refractivity contribution >= 4 is 35.5 Å². The predicted molar refractivity (Wildman–Crippen MR) is 131 cm³/mol. The molecule has 0 saturated heterocycles. The predicted octanol–water partition coefficient (Wildman–Crippen LogP) is 5.66. The summed E-state index contributed by atoms with van der Waals surface area (Å²) in [4.78, 5) is 25.1. The van der Waals surface area contributed by atoms with Crippen molar-refractivity contribution in [2.45, 2.75) is 12.8 Å². The van der Waals surface area contributed by atoms with E-state index in [1.165, 1.54) is 18.0 Å². The maximum atomic E-state index is 14.2. The number of carbonyl (C=O) groups is 2. The highest BCUT2D eigenvalue weighted by Crippen LogP contribution is 2.31. The molecule has 7 heteroatoms. The number of hydrogen-bond donors (Lipinski definition) is 2. The first-order chi connectivity index (χ1) is 15.4. The molecule has 0 atom stereocenters. The van der Waals surface area contributed by atoms with Crippen LogP contribution in [-0.4, -0.2) is 37.1 Å². The van der Waals surface area contributed by atoms with E-state index in [1.54, 1.807) is 37.4 Å². The van der Waals surface area contributed by atoms with Crippen LogP contribution >= 0.6 is 11.9 Å². The molecule has 0 aromatic heterocycles. The second kappa shape index (κ2) is 10.9. The van der Waals surface area contributed by atoms with Gasteiger partial charge in [0.25, 0.3) is 0 Å². The van der Waals surface area contributed by atoms with Gasteiger partial charge in [0.05, 0.1) is 12.2 Å². The van der Waals surface area contributed by atoms with Crippen molar-refractivity contribution in [3.05, 3.63) is 83.1 Å². The van der Waals surface area contributed by atoms with Gasteiger partial charge >= 0.3 is 0 Å². The monoisotopic (exact) mass is 451 g/mol. The van der Waals surface area contributed by atoms with Crippen LogP contribution in [0.15, 0.2) is 71.7 Å². The van der Waals surface area contributed by atoms with E-state index in [0.717, 1.165) is 23.3 Å². The second-order valence-corrected chi connectivity index (χ2v) is 8.59. The molecule has 32 heavy (non-hydrogen) atoms. The Kier molecular flexibility index (Phi) is 8.03. The van der Waals surface area contributed by atoms with Crippen molar-refractivity contribution in [1.29, 1.82) is 0 Å². The van der Waals surface area contributed by atoms with Crippen LogP contribution < -0.4 is 10.6 Å². The number of anilines is 2. The molecule has 2 aromatic carbocycles. The summed E-state index contributed by atoms with van der Waals surface area (Å²) in [5, 5.41) is 5.62. The average molecular weight is 452 g/mol. The molecule has 0 saturated carbocycles. The van der Waals surface area contributed by atoms with Gasteiger partial charge in [-0.3, -0.25) is 9.59 Å². The molecular weight excluding hydrogens is 425 g/mol. The van der Waals surface area contributed by atoms with Crippen LogP contribution in [0.5, 0.6) is 0 Å². The topological polar surface area (TPSA) is 61.4 Å². The van der Waals surface area contributed by atoms with E-state index in [1.807, 2.05) is 17.4 Å². The molecule has 0 unspecified atom stereocenters. The highest BCUT2D eigenvalue weighted by molar-refractivity contribution is 8.01. The van der Waals surface area contributed by atoms with Crippen molar-refractivity contribution in [2.24, 2.45) is 0 Å². The molecule has 2 N–H and O–H groups in total. The van der Waals surface area contributed by atoms with Gasteiger partial charge < -0.3 is 10.6 Å². The van der Waals surface area contributed by atoms with Gasteiger partial charge in [0.1, 0.15) is 12.1 Å². The van der Waals surface area contributed by atoms with E-state index in [0.29, 0.717) is 34.4 Å². The number of carbonyl (C=O) groups excluding carboxylic acids is 2. The minimum Gasteiger partial charge on any atom is -0.386 e. The van der Waals surface area contributed by atoms with Crippen molar-refractivity contribution < 1.29 is 14.0 Å². The van der Waals surface area contributed by atoms with Crippen LogP contribution in [0.2, 0.25) is 0 Å². The molecule has 0 spiro atoms. The van der Waals surface area contributed by atoms with Gasteiger partial charge in [-0.25, -0.2) is 8.70 Å². The van der Waals surface area contributed by atoms with Gasteiger partial charge in [-0.05, 0) is 78.9 Å². The number of rotatable bonds is 9. The molecular formula is C25H26FN3O2S. The van der Waals surface area contributed by atoms with Gasteiger partial charge in [-0.15, -0.1) is 0 Å². The van der Waals surface area contributed by atoms with E-state index in [2.05, 4.69) is 29.4 Å². The van der Waals surface area contributed by atoms with E-state index in [9.17, 15) is 14.0 Å².